The normalized spacial score (nSPS) is 15.7. The lowest BCUT2D eigenvalue weighted by Crippen LogP contribution is -2.24. The minimum Gasteiger partial charge on any atom is -0.474 e. The molecule has 5 nitrogen and oxygen atoms in total. The Balaban J connectivity index is 1.70. The molecule has 0 radical (unpaired) electrons. The Labute approximate surface area is 136 Å². The number of aromatic nitrogens is 1. The molecule has 0 spiro atoms. The second kappa shape index (κ2) is 7.10. The summed E-state index contributed by atoms with van der Waals surface area (Å²) in [5, 5.41) is 0. The quantitative estimate of drug-likeness (QED) is 0.883. The van der Waals surface area contributed by atoms with E-state index in [1.807, 2.05) is 6.07 Å². The lowest BCUT2D eigenvalue weighted by atomic mass is 10.2. The third kappa shape index (κ3) is 4.09. The van der Waals surface area contributed by atoms with Gasteiger partial charge in [0.05, 0.1) is 4.90 Å². The van der Waals surface area contributed by atoms with Crippen molar-refractivity contribution >= 4 is 10.0 Å². The van der Waals surface area contributed by atoms with E-state index in [2.05, 4.69) is 9.71 Å². The topological polar surface area (TPSA) is 68.3 Å². The number of rotatable bonds is 6. The van der Waals surface area contributed by atoms with Crippen LogP contribution in [-0.4, -0.2) is 19.5 Å². The maximum absolute atomic E-state index is 12.3. The Bertz CT molecular complexity index is 741. The van der Waals surface area contributed by atoms with Crippen molar-refractivity contribution < 1.29 is 13.2 Å². The molecule has 6 heteroatoms. The van der Waals surface area contributed by atoms with Crippen LogP contribution in [0.4, 0.5) is 0 Å². The summed E-state index contributed by atoms with van der Waals surface area (Å²) >= 11 is 0. The predicted octanol–water partition coefficient (Wildman–Crippen LogP) is 2.88. The molecule has 1 heterocycles. The Kier molecular flexibility index (Phi) is 4.93. The fourth-order valence-corrected chi connectivity index (χ4v) is 3.71. The molecule has 1 fully saturated rings. The molecular weight excluding hydrogens is 312 g/mol. The number of benzene rings is 1. The van der Waals surface area contributed by atoms with Crippen LogP contribution in [0.15, 0.2) is 53.6 Å². The zero-order valence-electron chi connectivity index (χ0n) is 12.8. The Morgan fingerprint density at radius 1 is 1.09 bits per heavy atom. The zero-order chi connectivity index (χ0) is 16.1. The van der Waals surface area contributed by atoms with Crippen LogP contribution in [0.25, 0.3) is 0 Å². The van der Waals surface area contributed by atoms with Crippen LogP contribution in [0.5, 0.6) is 5.88 Å². The Morgan fingerprint density at radius 2 is 1.83 bits per heavy atom. The van der Waals surface area contributed by atoms with Crippen molar-refractivity contribution in [3.05, 3.63) is 54.2 Å². The van der Waals surface area contributed by atoms with Gasteiger partial charge in [0.15, 0.2) is 0 Å². The highest BCUT2D eigenvalue weighted by Crippen LogP contribution is 2.25. The number of nitrogens with zero attached hydrogens (tertiary/aromatic N) is 1. The molecule has 3 rings (SSSR count). The molecule has 0 atom stereocenters. The molecule has 1 aliphatic carbocycles. The summed E-state index contributed by atoms with van der Waals surface area (Å²) in [5.41, 5.74) is 0.749. The summed E-state index contributed by atoms with van der Waals surface area (Å²) in [7, 11) is -3.54. The van der Waals surface area contributed by atoms with E-state index >= 15 is 0 Å². The van der Waals surface area contributed by atoms with Crippen molar-refractivity contribution in [2.24, 2.45) is 0 Å². The summed E-state index contributed by atoms with van der Waals surface area (Å²) in [6, 6.07) is 12.0. The van der Waals surface area contributed by atoms with Crippen LogP contribution in [-0.2, 0) is 16.6 Å². The molecule has 2 aromatic rings. The smallest absolute Gasteiger partial charge is 0.240 e. The van der Waals surface area contributed by atoms with E-state index in [4.69, 9.17) is 4.74 Å². The molecule has 0 aliphatic heterocycles. The van der Waals surface area contributed by atoms with Crippen molar-refractivity contribution in [2.45, 2.75) is 43.2 Å². The second-order valence-corrected chi connectivity index (χ2v) is 7.40. The molecule has 23 heavy (non-hydrogen) atoms. The van der Waals surface area contributed by atoms with Gasteiger partial charge in [-0.1, -0.05) is 24.3 Å². The molecule has 1 aromatic carbocycles. The summed E-state index contributed by atoms with van der Waals surface area (Å²) in [6.07, 6.45) is 6.27. The second-order valence-electron chi connectivity index (χ2n) is 5.63. The highest BCUT2D eigenvalue weighted by atomic mass is 32.2. The van der Waals surface area contributed by atoms with Gasteiger partial charge < -0.3 is 4.74 Å². The van der Waals surface area contributed by atoms with Gasteiger partial charge in [-0.25, -0.2) is 18.1 Å². The van der Waals surface area contributed by atoms with Gasteiger partial charge in [-0.3, -0.25) is 0 Å². The predicted molar refractivity (Wildman–Crippen MR) is 87.6 cm³/mol. The fourth-order valence-electron chi connectivity index (χ4n) is 2.68. The van der Waals surface area contributed by atoms with E-state index in [0.717, 1.165) is 18.4 Å². The third-order valence-electron chi connectivity index (χ3n) is 3.94. The van der Waals surface area contributed by atoms with Crippen LogP contribution in [0, 0.1) is 0 Å². The molecule has 0 amide bonds. The summed E-state index contributed by atoms with van der Waals surface area (Å²) in [5.74, 6) is 0.523. The minimum absolute atomic E-state index is 0.160. The summed E-state index contributed by atoms with van der Waals surface area (Å²) in [4.78, 5) is 4.51. The van der Waals surface area contributed by atoms with E-state index < -0.39 is 10.0 Å². The van der Waals surface area contributed by atoms with E-state index in [-0.39, 0.29) is 17.5 Å². The van der Waals surface area contributed by atoms with Gasteiger partial charge in [0.25, 0.3) is 0 Å². The molecule has 0 bridgehead atoms. The average molecular weight is 332 g/mol. The van der Waals surface area contributed by atoms with Gasteiger partial charge in [-0.05, 0) is 43.9 Å². The third-order valence-corrected chi connectivity index (χ3v) is 5.35. The maximum Gasteiger partial charge on any atom is 0.240 e. The molecule has 1 saturated carbocycles. The van der Waals surface area contributed by atoms with Crippen molar-refractivity contribution in [2.75, 3.05) is 0 Å². The van der Waals surface area contributed by atoms with Gasteiger partial charge >= 0.3 is 0 Å². The van der Waals surface area contributed by atoms with Gasteiger partial charge in [0.1, 0.15) is 6.10 Å². The van der Waals surface area contributed by atoms with E-state index in [0.29, 0.717) is 5.88 Å². The standard InChI is InChI=1S/C17H20N2O3S/c20-23(21,16-10-2-1-3-11-16)19-13-14-7-6-12-18-17(14)22-15-8-4-5-9-15/h1-3,6-7,10-12,15,19H,4-5,8-9,13H2. The largest absolute Gasteiger partial charge is 0.474 e. The number of nitrogens with one attached hydrogen (secondary N) is 1. The maximum atomic E-state index is 12.3. The number of hydrogen-bond donors (Lipinski definition) is 1. The van der Waals surface area contributed by atoms with Gasteiger partial charge in [-0.2, -0.15) is 0 Å². The van der Waals surface area contributed by atoms with Crippen molar-refractivity contribution in [3.63, 3.8) is 0 Å². The highest BCUT2D eigenvalue weighted by molar-refractivity contribution is 7.89. The van der Waals surface area contributed by atoms with Crippen LogP contribution in [0.1, 0.15) is 31.2 Å². The van der Waals surface area contributed by atoms with Gasteiger partial charge in [0.2, 0.25) is 15.9 Å². The molecular formula is C17H20N2O3S. The van der Waals surface area contributed by atoms with Crippen molar-refractivity contribution in [3.8, 4) is 5.88 Å². The minimum atomic E-state index is -3.54. The van der Waals surface area contributed by atoms with Crippen molar-refractivity contribution in [1.29, 1.82) is 0 Å². The van der Waals surface area contributed by atoms with Gasteiger partial charge in [0, 0.05) is 18.3 Å². The highest BCUT2D eigenvalue weighted by Gasteiger charge is 2.19. The first-order valence-electron chi connectivity index (χ1n) is 7.80. The average Bonchev–Trinajstić information content (AvgIpc) is 3.08. The molecule has 1 N–H and O–H groups in total. The SMILES string of the molecule is O=S(=O)(NCc1cccnc1OC1CCCC1)c1ccccc1. The summed E-state index contributed by atoms with van der Waals surface area (Å²) < 4.78 is 33.1. The molecule has 0 unspecified atom stereocenters. The molecule has 122 valence electrons. The first-order chi connectivity index (χ1) is 11.1. The fraction of sp³-hybridized carbons (Fsp3) is 0.353. The van der Waals surface area contributed by atoms with Gasteiger partial charge in [-0.15, -0.1) is 0 Å². The summed E-state index contributed by atoms with van der Waals surface area (Å²) in [6.45, 7) is 0.160. The first kappa shape index (κ1) is 16.0. The zero-order valence-corrected chi connectivity index (χ0v) is 13.6. The molecule has 0 saturated heterocycles. The Morgan fingerprint density at radius 3 is 2.57 bits per heavy atom. The first-order valence-corrected chi connectivity index (χ1v) is 9.29. The number of ether oxygens (including phenoxy) is 1. The van der Waals surface area contributed by atoms with E-state index in [1.54, 1.807) is 42.6 Å². The Hall–Kier alpha value is -1.92. The van der Waals surface area contributed by atoms with Crippen LogP contribution >= 0.6 is 0 Å². The van der Waals surface area contributed by atoms with Crippen LogP contribution in [0.2, 0.25) is 0 Å². The lowest BCUT2D eigenvalue weighted by molar-refractivity contribution is 0.199. The van der Waals surface area contributed by atoms with E-state index in [9.17, 15) is 8.42 Å². The molecule has 1 aromatic heterocycles. The lowest BCUT2D eigenvalue weighted by Gasteiger charge is -2.15. The number of pyridine rings is 1. The number of hydrogen-bond acceptors (Lipinski definition) is 4. The number of sulfonamides is 1. The van der Waals surface area contributed by atoms with E-state index in [1.165, 1.54) is 12.8 Å². The van der Waals surface area contributed by atoms with Crippen molar-refractivity contribution in [1.82, 2.24) is 9.71 Å². The molecule has 1 aliphatic rings. The van der Waals surface area contributed by atoms with Crippen LogP contribution in [0.3, 0.4) is 0 Å². The monoisotopic (exact) mass is 332 g/mol. The van der Waals surface area contributed by atoms with Crippen LogP contribution < -0.4 is 9.46 Å².